The van der Waals surface area contributed by atoms with E-state index < -0.39 is 10.0 Å². The fraction of sp³-hybridized carbons (Fsp3) is 0.409. The average Bonchev–Trinajstić information content (AvgIpc) is 2.70. The van der Waals surface area contributed by atoms with Crippen LogP contribution in [-0.4, -0.2) is 40.3 Å². The van der Waals surface area contributed by atoms with E-state index in [0.29, 0.717) is 37.6 Å². The molecule has 2 aromatic rings. The summed E-state index contributed by atoms with van der Waals surface area (Å²) in [4.78, 5) is 12.2. The second kappa shape index (κ2) is 11.4. The van der Waals surface area contributed by atoms with Crippen molar-refractivity contribution in [3.05, 3.63) is 54.1 Å². The molecule has 7 nitrogen and oxygen atoms in total. The smallest absolute Gasteiger partial charge is 0.232 e. The molecule has 0 aliphatic heterocycles. The fourth-order valence-electron chi connectivity index (χ4n) is 2.95. The first-order valence-corrected chi connectivity index (χ1v) is 11.9. The Bertz CT molecular complexity index is 913. The van der Waals surface area contributed by atoms with E-state index in [1.54, 1.807) is 24.3 Å². The molecule has 0 saturated heterocycles. The molecule has 2 aromatic carbocycles. The van der Waals surface area contributed by atoms with E-state index in [9.17, 15) is 13.2 Å². The van der Waals surface area contributed by atoms with E-state index in [4.69, 9.17) is 9.47 Å². The number of sulfonamides is 1. The summed E-state index contributed by atoms with van der Waals surface area (Å²) in [6.07, 6.45) is 1.80. The Hall–Kier alpha value is -2.74. The summed E-state index contributed by atoms with van der Waals surface area (Å²) in [5.74, 6) is 1.32. The Labute approximate surface area is 179 Å². The van der Waals surface area contributed by atoms with Crippen molar-refractivity contribution in [2.24, 2.45) is 0 Å². The van der Waals surface area contributed by atoms with Crippen molar-refractivity contribution in [3.8, 4) is 11.5 Å². The molecule has 0 radical (unpaired) electrons. The van der Waals surface area contributed by atoms with E-state index in [0.717, 1.165) is 17.6 Å². The second-order valence-electron chi connectivity index (χ2n) is 6.72. The molecule has 1 N–H and O–H groups in total. The summed E-state index contributed by atoms with van der Waals surface area (Å²) in [6, 6.07) is 14.4. The van der Waals surface area contributed by atoms with Crippen molar-refractivity contribution >= 4 is 21.6 Å². The van der Waals surface area contributed by atoms with Crippen LogP contribution in [0, 0.1) is 0 Å². The van der Waals surface area contributed by atoms with Gasteiger partial charge in [0, 0.05) is 19.5 Å². The number of nitrogens with one attached hydrogen (secondary N) is 1. The minimum atomic E-state index is -3.46. The lowest BCUT2D eigenvalue weighted by Crippen LogP contribution is -2.32. The highest BCUT2D eigenvalue weighted by atomic mass is 32.2. The van der Waals surface area contributed by atoms with Crippen LogP contribution in [-0.2, 0) is 21.4 Å². The molecule has 0 aromatic heterocycles. The van der Waals surface area contributed by atoms with Gasteiger partial charge in [-0.2, -0.15) is 0 Å². The molecule has 0 aliphatic rings. The van der Waals surface area contributed by atoms with Crippen LogP contribution in [0.15, 0.2) is 48.5 Å². The molecule has 2 rings (SSSR count). The third kappa shape index (κ3) is 7.59. The van der Waals surface area contributed by atoms with Gasteiger partial charge in [-0.15, -0.1) is 0 Å². The predicted octanol–water partition coefficient (Wildman–Crippen LogP) is 3.35. The van der Waals surface area contributed by atoms with Crippen LogP contribution in [0.25, 0.3) is 0 Å². The Balaban J connectivity index is 1.87. The number of ether oxygens (including phenoxy) is 2. The van der Waals surface area contributed by atoms with Crippen molar-refractivity contribution in [2.45, 2.75) is 33.2 Å². The largest absolute Gasteiger partial charge is 0.494 e. The number of rotatable bonds is 12. The standard InChI is InChI=1S/C22H30N2O5S/c1-4-28-20-13-11-19(12-14-20)24(30(3,26)27)15-7-10-22(25)23-17-18-8-6-9-21(16-18)29-5-2/h6,8-9,11-14,16H,4-5,7,10,15,17H2,1-3H3,(H,23,25). The van der Waals surface area contributed by atoms with Crippen LogP contribution >= 0.6 is 0 Å². The van der Waals surface area contributed by atoms with Gasteiger partial charge < -0.3 is 14.8 Å². The normalized spacial score (nSPS) is 11.0. The average molecular weight is 435 g/mol. The Kier molecular flexibility index (Phi) is 8.98. The molecule has 0 heterocycles. The maximum Gasteiger partial charge on any atom is 0.232 e. The number of hydrogen-bond acceptors (Lipinski definition) is 5. The molecular formula is C22H30N2O5S. The first-order chi connectivity index (χ1) is 14.3. The molecule has 0 bridgehead atoms. The van der Waals surface area contributed by atoms with Gasteiger partial charge in [-0.25, -0.2) is 8.42 Å². The molecule has 0 spiro atoms. The zero-order chi connectivity index (χ0) is 22.0. The van der Waals surface area contributed by atoms with Gasteiger partial charge in [0.1, 0.15) is 11.5 Å². The van der Waals surface area contributed by atoms with Gasteiger partial charge >= 0.3 is 0 Å². The van der Waals surface area contributed by atoms with Crippen LogP contribution in [0.5, 0.6) is 11.5 Å². The van der Waals surface area contributed by atoms with Gasteiger partial charge in [0.25, 0.3) is 0 Å². The van der Waals surface area contributed by atoms with Crippen molar-refractivity contribution < 1.29 is 22.7 Å². The molecule has 30 heavy (non-hydrogen) atoms. The summed E-state index contributed by atoms with van der Waals surface area (Å²) in [6.45, 7) is 5.55. The summed E-state index contributed by atoms with van der Waals surface area (Å²) in [7, 11) is -3.46. The molecule has 0 saturated carbocycles. The highest BCUT2D eigenvalue weighted by molar-refractivity contribution is 7.92. The SMILES string of the molecule is CCOc1ccc(N(CCCC(=O)NCc2cccc(OCC)c2)S(C)(=O)=O)cc1. The molecule has 0 fully saturated rings. The topological polar surface area (TPSA) is 84.9 Å². The highest BCUT2D eigenvalue weighted by Gasteiger charge is 2.17. The van der Waals surface area contributed by atoms with Crippen LogP contribution in [0.3, 0.4) is 0 Å². The quantitative estimate of drug-likeness (QED) is 0.554. The first kappa shape index (κ1) is 23.5. The minimum Gasteiger partial charge on any atom is -0.494 e. The van der Waals surface area contributed by atoms with Crippen molar-refractivity contribution in [1.29, 1.82) is 0 Å². The number of benzene rings is 2. The van der Waals surface area contributed by atoms with E-state index in [2.05, 4.69) is 5.32 Å². The van der Waals surface area contributed by atoms with Crippen molar-refractivity contribution in [1.82, 2.24) is 5.32 Å². The molecular weight excluding hydrogens is 404 g/mol. The number of carbonyl (C=O) groups excluding carboxylic acids is 1. The lowest BCUT2D eigenvalue weighted by Gasteiger charge is -2.22. The molecule has 0 atom stereocenters. The number of anilines is 1. The number of hydrogen-bond donors (Lipinski definition) is 1. The minimum absolute atomic E-state index is 0.128. The number of amides is 1. The second-order valence-corrected chi connectivity index (χ2v) is 8.63. The maximum absolute atomic E-state index is 12.2. The Morgan fingerprint density at radius 3 is 2.30 bits per heavy atom. The third-order valence-electron chi connectivity index (χ3n) is 4.30. The van der Waals surface area contributed by atoms with Gasteiger partial charge in [0.2, 0.25) is 15.9 Å². The monoisotopic (exact) mass is 434 g/mol. The lowest BCUT2D eigenvalue weighted by molar-refractivity contribution is -0.121. The zero-order valence-corrected chi connectivity index (χ0v) is 18.6. The molecule has 1 amide bonds. The zero-order valence-electron chi connectivity index (χ0n) is 17.8. The van der Waals surface area contributed by atoms with Crippen LogP contribution in [0.4, 0.5) is 5.69 Å². The van der Waals surface area contributed by atoms with Crippen molar-refractivity contribution in [3.63, 3.8) is 0 Å². The van der Waals surface area contributed by atoms with Gasteiger partial charge in [-0.05, 0) is 62.2 Å². The van der Waals surface area contributed by atoms with E-state index >= 15 is 0 Å². The predicted molar refractivity (Wildman–Crippen MR) is 118 cm³/mol. The maximum atomic E-state index is 12.2. The lowest BCUT2D eigenvalue weighted by atomic mass is 10.2. The van der Waals surface area contributed by atoms with Crippen LogP contribution < -0.4 is 19.1 Å². The van der Waals surface area contributed by atoms with Crippen LogP contribution in [0.1, 0.15) is 32.3 Å². The Morgan fingerprint density at radius 2 is 1.67 bits per heavy atom. The van der Waals surface area contributed by atoms with Gasteiger partial charge in [0.05, 0.1) is 25.2 Å². The van der Waals surface area contributed by atoms with Gasteiger partial charge in [-0.1, -0.05) is 12.1 Å². The Morgan fingerprint density at radius 1 is 1.00 bits per heavy atom. The summed E-state index contributed by atoms with van der Waals surface area (Å²) < 4.78 is 36.6. The summed E-state index contributed by atoms with van der Waals surface area (Å²) >= 11 is 0. The van der Waals surface area contributed by atoms with E-state index in [1.165, 1.54) is 4.31 Å². The molecule has 0 aliphatic carbocycles. The van der Waals surface area contributed by atoms with Gasteiger partial charge in [0.15, 0.2) is 0 Å². The highest BCUT2D eigenvalue weighted by Crippen LogP contribution is 2.22. The first-order valence-electron chi connectivity index (χ1n) is 10.0. The molecule has 8 heteroatoms. The van der Waals surface area contributed by atoms with E-state index in [1.807, 2.05) is 38.1 Å². The third-order valence-corrected chi connectivity index (χ3v) is 5.49. The number of carbonyl (C=O) groups is 1. The van der Waals surface area contributed by atoms with Crippen molar-refractivity contribution in [2.75, 3.05) is 30.3 Å². The van der Waals surface area contributed by atoms with Crippen LogP contribution in [0.2, 0.25) is 0 Å². The fourth-order valence-corrected chi connectivity index (χ4v) is 3.91. The summed E-state index contributed by atoms with van der Waals surface area (Å²) in [5.41, 5.74) is 1.50. The summed E-state index contributed by atoms with van der Waals surface area (Å²) in [5, 5.41) is 2.86. The number of nitrogens with zero attached hydrogens (tertiary/aromatic N) is 1. The van der Waals surface area contributed by atoms with Gasteiger partial charge in [-0.3, -0.25) is 9.10 Å². The van der Waals surface area contributed by atoms with E-state index in [-0.39, 0.29) is 18.9 Å². The molecule has 164 valence electrons. The molecule has 0 unspecified atom stereocenters.